The Morgan fingerprint density at radius 2 is 1.50 bits per heavy atom. The summed E-state index contributed by atoms with van der Waals surface area (Å²) in [4.78, 5) is 110. The molecule has 0 saturated carbocycles. The highest BCUT2D eigenvalue weighted by Crippen LogP contribution is 2.49. The molecule has 0 radical (unpaired) electrons. The Kier molecular flexibility index (Phi) is 23.6. The van der Waals surface area contributed by atoms with E-state index in [0.717, 1.165) is 36.4 Å². The number of aromatic hydroxyl groups is 3. The van der Waals surface area contributed by atoms with E-state index in [9.17, 15) is 89.4 Å². The molecule has 22 N–H and O–H groups in total. The van der Waals surface area contributed by atoms with Gasteiger partial charge >= 0.3 is 5.97 Å². The second-order valence-electron chi connectivity index (χ2n) is 25.5. The maximum atomic E-state index is 14.9. The normalized spacial score (nSPS) is 26.3. The molecule has 0 spiro atoms. The van der Waals surface area contributed by atoms with Crippen molar-refractivity contribution in [3.63, 3.8) is 0 Å². The number of carboxylic acid groups (broad SMARTS) is 1. The van der Waals surface area contributed by atoms with Crippen LogP contribution in [0.25, 0.3) is 11.1 Å². The monoisotopic (exact) mass is 1450 g/mol. The Bertz CT molecular complexity index is 4020. The first-order valence-corrected chi connectivity index (χ1v) is 32.3. The molecule has 5 heterocycles. The summed E-state index contributed by atoms with van der Waals surface area (Å²) < 4.78 is 38.1. The van der Waals surface area contributed by atoms with Gasteiger partial charge in [0.1, 0.15) is 83.4 Å². The molecule has 7 amide bonds. The van der Waals surface area contributed by atoms with Gasteiger partial charge in [-0.25, -0.2) is 4.79 Å². The number of carbonyl (C=O) groups excluding carboxylic acids is 7. The molecule has 0 aromatic heterocycles. The lowest BCUT2D eigenvalue weighted by atomic mass is 9.86. The lowest BCUT2D eigenvalue weighted by molar-refractivity contribution is -0.333. The summed E-state index contributed by atoms with van der Waals surface area (Å²) in [6.07, 6.45) is -18.5. The number of carboxylic acids is 1. The molecule has 35 heteroatoms. The average Bonchev–Trinajstić information content (AvgIpc) is 0.771. The third kappa shape index (κ3) is 17.1. The van der Waals surface area contributed by atoms with Crippen LogP contribution in [-0.2, 0) is 59.0 Å². The number of hydrogen-bond acceptors (Lipinski definition) is 25. The smallest absolute Gasteiger partial charge is 0.330 e. The first-order valence-electron chi connectivity index (χ1n) is 31.5. The van der Waals surface area contributed by atoms with Gasteiger partial charge in [0.25, 0.3) is 0 Å². The summed E-state index contributed by atoms with van der Waals surface area (Å²) in [5.74, 6) is -13.9. The number of aliphatic hydroxyl groups is 6. The highest BCUT2D eigenvalue weighted by atomic mass is 35.5. The van der Waals surface area contributed by atoms with Gasteiger partial charge in [-0.2, -0.15) is 0 Å². The van der Waals surface area contributed by atoms with Crippen molar-refractivity contribution in [3.8, 4) is 57.1 Å². The van der Waals surface area contributed by atoms with Gasteiger partial charge in [0.05, 0.1) is 47.7 Å². The number of aliphatic hydroxyl groups excluding tert-OH is 6. The largest absolute Gasteiger partial charge is 0.508 e. The third-order valence-electron chi connectivity index (χ3n) is 17.3. The molecule has 5 aliphatic rings. The van der Waals surface area contributed by atoms with E-state index < -0.39 is 216 Å². The number of aliphatic carboxylic acids is 1. The van der Waals surface area contributed by atoms with Gasteiger partial charge < -0.3 is 129 Å². The number of rotatable bonds is 20. The number of likely N-dealkylation sites (N-methyl/N-ethyl adjacent to an activating group) is 1. The summed E-state index contributed by atoms with van der Waals surface area (Å²) >= 11 is 14.0. The first-order chi connectivity index (χ1) is 47.6. The molecule has 33 nitrogen and oxygen atoms in total. The zero-order chi connectivity index (χ0) is 74.0. The van der Waals surface area contributed by atoms with Crippen molar-refractivity contribution in [3.05, 3.63) is 117 Å². The topological polar surface area (TPSA) is 544 Å². The quantitative estimate of drug-likeness (QED) is 0.0486. The van der Waals surface area contributed by atoms with E-state index in [1.165, 1.54) is 63.4 Å². The molecule has 10 rings (SSSR count). The number of amides is 7. The Morgan fingerprint density at radius 3 is 2.14 bits per heavy atom. The number of halogens is 2. The summed E-state index contributed by atoms with van der Waals surface area (Å²) in [6.45, 7) is 5.74. The number of benzene rings is 5. The molecule has 1 unspecified atom stereocenters. The van der Waals surface area contributed by atoms with Crippen molar-refractivity contribution in [2.45, 2.75) is 157 Å². The number of nitrogens with one attached hydrogen (secondary N) is 6. The van der Waals surface area contributed by atoms with E-state index >= 15 is 0 Å². The summed E-state index contributed by atoms with van der Waals surface area (Å²) in [6, 6.07) is 3.56. The molecule has 8 bridgehead atoms. The standard InChI is InChI=1S/C66H77Cl2N9O24/c1-24(2)12-36(72-5)60(90)76-50(62(92)73-35(59(70)89)21-44(69)82)52(84)28-7-10-39(33(67)17-28)97-41-13-26-14-42(56(41)101-65-57(55(87)54(86)43(23-78)99-65)100-46-22-66(4,71)58(88)25(3)96-46)98-40-11-8-29(18-34(40)68)53(85)51-63(93)75-49(64(94)95)32-19-30(79)20-38(81)47(32)31-16-27(6-9-37(31)80)48(61(91)77-51)74-45(83)15-26/h6-11,13-14,16-20,24-25,35-36,43,46,48-55,57-58,65,72,78-81,84-88H,12,15,21-23,71H2,1-5H3,(H2,69,82)(H2,70,89)(H,73,92)(H,74,83)(H,75,93)(H,76,90)(H,77,91)(H,94,95)/t25-,35-,36+,43+,46-,48+,49?,50+,51-,52+,53+,54+,55-,57+,58+,65-,66-/m0/s1. The van der Waals surface area contributed by atoms with E-state index in [0.29, 0.717) is 0 Å². The second kappa shape index (κ2) is 31.4. The van der Waals surface area contributed by atoms with Gasteiger partial charge in [-0.3, -0.25) is 33.6 Å². The molecule has 5 aromatic carbocycles. The van der Waals surface area contributed by atoms with Crippen LogP contribution >= 0.6 is 23.2 Å². The van der Waals surface area contributed by atoms with E-state index in [1.54, 1.807) is 0 Å². The van der Waals surface area contributed by atoms with Crippen LogP contribution in [0.3, 0.4) is 0 Å². The lowest BCUT2D eigenvalue weighted by Crippen LogP contribution is -2.64. The van der Waals surface area contributed by atoms with Gasteiger partial charge in [-0.15, -0.1) is 0 Å². The fourth-order valence-corrected chi connectivity index (χ4v) is 12.6. The molecule has 544 valence electrons. The van der Waals surface area contributed by atoms with Gasteiger partial charge in [0, 0.05) is 34.7 Å². The minimum Gasteiger partial charge on any atom is -0.508 e. The zero-order valence-electron chi connectivity index (χ0n) is 54.5. The maximum absolute atomic E-state index is 14.9. The van der Waals surface area contributed by atoms with E-state index in [1.807, 2.05) is 13.8 Å². The minimum absolute atomic E-state index is 0.0586. The minimum atomic E-state index is -2.17. The van der Waals surface area contributed by atoms with Gasteiger partial charge in [-0.1, -0.05) is 55.2 Å². The van der Waals surface area contributed by atoms with Crippen LogP contribution < -0.4 is 63.3 Å². The van der Waals surface area contributed by atoms with Crippen molar-refractivity contribution in [1.29, 1.82) is 0 Å². The average molecular weight is 1450 g/mol. The van der Waals surface area contributed by atoms with Crippen molar-refractivity contribution >= 4 is 70.5 Å². The molecular formula is C66H77Cl2N9O24. The number of ether oxygens (including phenoxy) is 6. The SMILES string of the molecule is CN[C@H](CC(C)C)C(=O)N[C@@H](C(=O)N[C@@H](CC(N)=O)C(N)=O)[C@H](O)c1ccc(Oc2cc3cc(c2O[C@@H]2O[C@H](CO)[C@@H](O)[C@H](O)[C@H]2O[C@H]2C[C@](C)(N)[C@H](O)[C@H](C)O2)Oc2ccc(cc2Cl)[C@@H](O)[C@@H]2NC(=O)[C@H](NC(=O)C3)c3ccc(O)c(c3)-c3c(O)cc(O)cc3C(C(=O)O)NC2=O)c(Cl)c1. The predicted molar refractivity (Wildman–Crippen MR) is 351 cm³/mol. The summed E-state index contributed by atoms with van der Waals surface area (Å²) in [5, 5.41) is 127. The Labute approximate surface area is 585 Å². The fraction of sp³-hybridized carbons (Fsp3) is 0.424. The number of phenolic OH excluding ortho intramolecular Hbond substituents is 3. The molecule has 2 saturated heterocycles. The number of nitrogens with two attached hydrogens (primary N) is 3. The first kappa shape index (κ1) is 76.0. The van der Waals surface area contributed by atoms with Crippen LogP contribution in [0.2, 0.25) is 10.0 Å². The van der Waals surface area contributed by atoms with Gasteiger partial charge in [0.2, 0.25) is 53.4 Å². The number of carbonyl (C=O) groups is 8. The number of hydrogen-bond donors (Lipinski definition) is 19. The van der Waals surface area contributed by atoms with Crippen LogP contribution in [0.4, 0.5) is 0 Å². The van der Waals surface area contributed by atoms with E-state index in [2.05, 4.69) is 31.9 Å². The van der Waals surface area contributed by atoms with Crippen LogP contribution in [0.1, 0.15) is 99.1 Å². The zero-order valence-corrected chi connectivity index (χ0v) is 56.0. The fourth-order valence-electron chi connectivity index (χ4n) is 12.1. The van der Waals surface area contributed by atoms with E-state index in [4.69, 9.17) is 68.8 Å². The van der Waals surface area contributed by atoms with Crippen LogP contribution in [0.5, 0.6) is 46.0 Å². The molecule has 101 heavy (non-hydrogen) atoms. The van der Waals surface area contributed by atoms with Crippen LogP contribution in [0.15, 0.2) is 78.9 Å². The van der Waals surface area contributed by atoms with Crippen molar-refractivity contribution in [2.75, 3.05) is 13.7 Å². The molecule has 5 aliphatic heterocycles. The predicted octanol–water partition coefficient (Wildman–Crippen LogP) is -0.0369. The second-order valence-corrected chi connectivity index (χ2v) is 26.3. The molecule has 2 fully saturated rings. The van der Waals surface area contributed by atoms with Crippen molar-refractivity contribution in [1.82, 2.24) is 31.9 Å². The van der Waals surface area contributed by atoms with Gasteiger partial charge in [-0.05, 0) is 110 Å². The summed E-state index contributed by atoms with van der Waals surface area (Å²) in [7, 11) is 1.49. The summed E-state index contributed by atoms with van der Waals surface area (Å²) in [5.41, 5.74) is 13.9. The Hall–Kier alpha value is -9.20. The number of primary amides is 2. The Morgan fingerprint density at radius 1 is 0.792 bits per heavy atom. The van der Waals surface area contributed by atoms with Crippen molar-refractivity contribution in [2.24, 2.45) is 23.1 Å². The van der Waals surface area contributed by atoms with Crippen molar-refractivity contribution < 1.29 is 118 Å². The molecule has 5 aromatic rings. The molecule has 17 atom stereocenters. The number of phenols is 3. The molecule has 0 aliphatic carbocycles. The van der Waals surface area contributed by atoms with Crippen LogP contribution in [-0.4, -0.2) is 191 Å². The lowest BCUT2D eigenvalue weighted by Gasteiger charge is -2.47. The highest BCUT2D eigenvalue weighted by molar-refractivity contribution is 6.32. The highest BCUT2D eigenvalue weighted by Gasteiger charge is 2.51. The van der Waals surface area contributed by atoms with E-state index in [-0.39, 0.29) is 68.1 Å². The number of fused-ring (bicyclic) bond motifs is 8. The Balaban J connectivity index is 1.21. The molecular weight excluding hydrogens is 1370 g/mol. The van der Waals surface area contributed by atoms with Gasteiger partial charge in [0.15, 0.2) is 29.9 Å². The van der Waals surface area contributed by atoms with Crippen LogP contribution in [0, 0.1) is 5.92 Å². The third-order valence-corrected chi connectivity index (χ3v) is 17.9. The maximum Gasteiger partial charge on any atom is 0.330 e.